The molecule has 0 fully saturated rings. The van der Waals surface area contributed by atoms with Gasteiger partial charge in [0.15, 0.2) is 11.2 Å². The molecule has 0 aliphatic heterocycles. The highest BCUT2D eigenvalue weighted by Crippen LogP contribution is 2.47. The average Bonchev–Trinajstić information content (AvgIpc) is 4.01. The van der Waals surface area contributed by atoms with E-state index in [1.165, 1.54) is 5.39 Å². The van der Waals surface area contributed by atoms with Crippen molar-refractivity contribution in [3.63, 3.8) is 0 Å². The van der Waals surface area contributed by atoms with Crippen LogP contribution < -0.4 is 4.90 Å². The molecule has 55 heavy (non-hydrogen) atoms. The van der Waals surface area contributed by atoms with Crippen LogP contribution in [0.15, 0.2) is 189 Å². The SMILES string of the molecule is c1ccc(-c2nc3cc4c(cc3o2)oc2ccc(N(c3cccc5c3oc3ccccc35)c3cccc5c6ccccc6n(-c6ccccc6)c35)cc24)cc1. The van der Waals surface area contributed by atoms with E-state index in [1.807, 2.05) is 48.5 Å². The summed E-state index contributed by atoms with van der Waals surface area (Å²) in [6.07, 6.45) is 0. The molecule has 6 nitrogen and oxygen atoms in total. The first-order valence-corrected chi connectivity index (χ1v) is 18.4. The molecule has 0 spiro atoms. The van der Waals surface area contributed by atoms with Crippen LogP contribution in [0.5, 0.6) is 0 Å². The minimum atomic E-state index is 0.584. The van der Waals surface area contributed by atoms with Gasteiger partial charge in [-0.3, -0.25) is 0 Å². The van der Waals surface area contributed by atoms with Gasteiger partial charge in [0, 0.05) is 55.3 Å². The van der Waals surface area contributed by atoms with Crippen molar-refractivity contribution >= 4 is 93.8 Å². The molecule has 0 radical (unpaired) electrons. The van der Waals surface area contributed by atoms with E-state index in [9.17, 15) is 0 Å². The van der Waals surface area contributed by atoms with E-state index in [2.05, 4.69) is 137 Å². The molecular formula is C49H29N3O3. The normalized spacial score (nSPS) is 12.0. The molecule has 0 aliphatic rings. The molecule has 0 N–H and O–H groups in total. The van der Waals surface area contributed by atoms with E-state index in [4.69, 9.17) is 18.2 Å². The first-order chi connectivity index (χ1) is 27.3. The molecule has 4 heterocycles. The van der Waals surface area contributed by atoms with E-state index in [0.717, 1.165) is 94.1 Å². The largest absolute Gasteiger partial charge is 0.456 e. The van der Waals surface area contributed by atoms with Crippen LogP contribution in [0.1, 0.15) is 0 Å². The Morgan fingerprint density at radius 3 is 2.00 bits per heavy atom. The van der Waals surface area contributed by atoms with E-state index in [1.54, 1.807) is 0 Å². The molecule has 8 aromatic carbocycles. The molecular weight excluding hydrogens is 679 g/mol. The van der Waals surface area contributed by atoms with Crippen LogP contribution in [0.25, 0.3) is 93.9 Å². The number of aromatic nitrogens is 2. The minimum Gasteiger partial charge on any atom is -0.456 e. The van der Waals surface area contributed by atoms with Crippen molar-refractivity contribution in [3.8, 4) is 17.1 Å². The molecule has 0 saturated heterocycles. The third-order valence-corrected chi connectivity index (χ3v) is 10.8. The highest BCUT2D eigenvalue weighted by atomic mass is 16.4. The standard InChI is InChI=1S/C49H29N3O3/c1-3-13-30(14-4-1)49-50-39-28-38-37-27-32(25-26-44(37)53-45(38)29-46(39)55-49)51(42-23-12-20-36-34-18-8-10-24-43(34)54-48(36)42)41-22-11-19-35-33-17-7-9-21-40(33)52(47(35)41)31-15-5-2-6-16-31/h1-29H. The second kappa shape index (κ2) is 11.5. The maximum atomic E-state index is 6.74. The fourth-order valence-corrected chi connectivity index (χ4v) is 8.37. The van der Waals surface area contributed by atoms with Crippen molar-refractivity contribution in [2.75, 3.05) is 4.90 Å². The van der Waals surface area contributed by atoms with Crippen LogP contribution in [-0.2, 0) is 0 Å². The number of nitrogens with zero attached hydrogens (tertiary/aromatic N) is 3. The second-order valence-corrected chi connectivity index (χ2v) is 13.9. The van der Waals surface area contributed by atoms with Crippen molar-refractivity contribution in [2.45, 2.75) is 0 Å². The third kappa shape index (κ3) is 4.46. The van der Waals surface area contributed by atoms with Crippen LogP contribution in [0.3, 0.4) is 0 Å². The van der Waals surface area contributed by atoms with Gasteiger partial charge in [-0.2, -0.15) is 0 Å². The van der Waals surface area contributed by atoms with Gasteiger partial charge in [0.1, 0.15) is 22.3 Å². The Balaban J connectivity index is 1.16. The van der Waals surface area contributed by atoms with Crippen LogP contribution in [0.4, 0.5) is 17.1 Å². The van der Waals surface area contributed by atoms with Gasteiger partial charge in [0.25, 0.3) is 0 Å². The van der Waals surface area contributed by atoms with Gasteiger partial charge in [-0.25, -0.2) is 4.98 Å². The summed E-state index contributed by atoms with van der Waals surface area (Å²) in [5.74, 6) is 0.584. The molecule has 0 bridgehead atoms. The number of furan rings is 2. The van der Waals surface area contributed by atoms with Crippen molar-refractivity contribution in [1.29, 1.82) is 0 Å². The molecule has 0 atom stereocenters. The summed E-state index contributed by atoms with van der Waals surface area (Å²) in [7, 11) is 0. The summed E-state index contributed by atoms with van der Waals surface area (Å²) in [6, 6.07) is 60.9. The minimum absolute atomic E-state index is 0.584. The monoisotopic (exact) mass is 707 g/mol. The lowest BCUT2D eigenvalue weighted by atomic mass is 10.1. The predicted molar refractivity (Wildman–Crippen MR) is 223 cm³/mol. The van der Waals surface area contributed by atoms with E-state index >= 15 is 0 Å². The zero-order valence-corrected chi connectivity index (χ0v) is 29.3. The lowest BCUT2D eigenvalue weighted by molar-refractivity contribution is 0.617. The van der Waals surface area contributed by atoms with Crippen LogP contribution in [0.2, 0.25) is 0 Å². The van der Waals surface area contributed by atoms with E-state index < -0.39 is 0 Å². The lowest BCUT2D eigenvalue weighted by Gasteiger charge is -2.27. The van der Waals surface area contributed by atoms with Gasteiger partial charge >= 0.3 is 0 Å². The summed E-state index contributed by atoms with van der Waals surface area (Å²) < 4.78 is 21.8. The number of rotatable bonds is 5. The molecule has 0 unspecified atom stereocenters. The van der Waals surface area contributed by atoms with Crippen molar-refractivity contribution in [2.24, 2.45) is 0 Å². The molecule has 0 saturated carbocycles. The van der Waals surface area contributed by atoms with Gasteiger partial charge in [0.2, 0.25) is 5.89 Å². The van der Waals surface area contributed by atoms with Crippen molar-refractivity contribution < 1.29 is 13.3 Å². The van der Waals surface area contributed by atoms with Gasteiger partial charge in [-0.15, -0.1) is 0 Å². The number of oxazole rings is 1. The Morgan fingerprint density at radius 1 is 0.436 bits per heavy atom. The van der Waals surface area contributed by atoms with Crippen LogP contribution >= 0.6 is 0 Å². The number of benzene rings is 8. The number of para-hydroxylation sites is 5. The van der Waals surface area contributed by atoms with E-state index in [-0.39, 0.29) is 0 Å². The summed E-state index contributed by atoms with van der Waals surface area (Å²) in [5.41, 5.74) is 11.8. The van der Waals surface area contributed by atoms with Crippen LogP contribution in [-0.4, -0.2) is 9.55 Å². The van der Waals surface area contributed by atoms with Crippen molar-refractivity contribution in [3.05, 3.63) is 176 Å². The average molecular weight is 708 g/mol. The van der Waals surface area contributed by atoms with E-state index in [0.29, 0.717) is 11.5 Å². The fourth-order valence-electron chi connectivity index (χ4n) is 8.37. The molecule has 6 heteroatoms. The summed E-state index contributed by atoms with van der Waals surface area (Å²) in [6.45, 7) is 0. The zero-order valence-electron chi connectivity index (χ0n) is 29.3. The fraction of sp³-hybridized carbons (Fsp3) is 0. The zero-order chi connectivity index (χ0) is 36.0. The summed E-state index contributed by atoms with van der Waals surface area (Å²) >= 11 is 0. The highest BCUT2D eigenvalue weighted by molar-refractivity contribution is 6.17. The lowest BCUT2D eigenvalue weighted by Crippen LogP contribution is -2.12. The molecule has 12 aromatic rings. The maximum Gasteiger partial charge on any atom is 0.227 e. The first kappa shape index (κ1) is 29.9. The number of fused-ring (bicyclic) bond motifs is 10. The Labute approximate surface area is 313 Å². The Kier molecular flexibility index (Phi) is 6.24. The maximum absolute atomic E-state index is 6.74. The quantitative estimate of drug-likeness (QED) is 0.178. The number of hydrogen-bond donors (Lipinski definition) is 0. The Bertz CT molecular complexity index is 3440. The Hall–Kier alpha value is -7.57. The summed E-state index contributed by atoms with van der Waals surface area (Å²) in [5, 5.41) is 6.45. The molecule has 4 aromatic heterocycles. The highest BCUT2D eigenvalue weighted by Gasteiger charge is 2.25. The predicted octanol–water partition coefficient (Wildman–Crippen LogP) is 13.9. The van der Waals surface area contributed by atoms with Gasteiger partial charge < -0.3 is 22.7 Å². The first-order valence-electron chi connectivity index (χ1n) is 18.4. The Morgan fingerprint density at radius 2 is 1.13 bits per heavy atom. The van der Waals surface area contributed by atoms with Gasteiger partial charge in [-0.1, -0.05) is 97.1 Å². The van der Waals surface area contributed by atoms with Gasteiger partial charge in [0.05, 0.1) is 22.4 Å². The number of anilines is 3. The summed E-state index contributed by atoms with van der Waals surface area (Å²) in [4.78, 5) is 7.23. The second-order valence-electron chi connectivity index (χ2n) is 13.9. The molecule has 258 valence electrons. The smallest absolute Gasteiger partial charge is 0.227 e. The van der Waals surface area contributed by atoms with Gasteiger partial charge in [-0.05, 0) is 72.8 Å². The third-order valence-electron chi connectivity index (χ3n) is 10.8. The van der Waals surface area contributed by atoms with Crippen molar-refractivity contribution in [1.82, 2.24) is 9.55 Å². The number of hydrogen-bond acceptors (Lipinski definition) is 5. The topological polar surface area (TPSA) is 60.5 Å². The van der Waals surface area contributed by atoms with Crippen LogP contribution in [0, 0.1) is 0 Å². The molecule has 12 rings (SSSR count). The molecule has 0 amide bonds. The molecule has 0 aliphatic carbocycles.